The van der Waals surface area contributed by atoms with Gasteiger partial charge in [-0.15, -0.1) is 5.10 Å². The summed E-state index contributed by atoms with van der Waals surface area (Å²) in [5.74, 6) is 1.31. The number of nitrogens with one attached hydrogen (secondary N) is 1. The van der Waals surface area contributed by atoms with Gasteiger partial charge in [-0.25, -0.2) is 0 Å². The van der Waals surface area contributed by atoms with Crippen molar-refractivity contribution in [1.82, 2.24) is 15.5 Å². The van der Waals surface area contributed by atoms with Gasteiger partial charge in [0.15, 0.2) is 0 Å². The van der Waals surface area contributed by atoms with Crippen LogP contribution in [-0.2, 0) is 6.54 Å². The second kappa shape index (κ2) is 5.23. The first-order chi connectivity index (χ1) is 7.90. The van der Waals surface area contributed by atoms with Crippen LogP contribution in [0, 0.1) is 0 Å². The van der Waals surface area contributed by atoms with Crippen LogP contribution in [0.4, 0.5) is 0 Å². The van der Waals surface area contributed by atoms with Gasteiger partial charge in [-0.1, -0.05) is 18.2 Å². The van der Waals surface area contributed by atoms with Crippen LogP contribution in [-0.4, -0.2) is 17.2 Å². The molecule has 0 saturated carbocycles. The SMILES string of the molecule is CNCc1ccccc1Oc1cccnn1. The second-order valence-electron chi connectivity index (χ2n) is 3.30. The van der Waals surface area contributed by atoms with E-state index in [-0.39, 0.29) is 0 Å². The zero-order chi connectivity index (χ0) is 11.2. The summed E-state index contributed by atoms with van der Waals surface area (Å²) < 4.78 is 5.65. The molecule has 0 aliphatic carbocycles. The second-order valence-corrected chi connectivity index (χ2v) is 3.30. The Labute approximate surface area is 94.3 Å². The van der Waals surface area contributed by atoms with Gasteiger partial charge in [0.2, 0.25) is 5.88 Å². The number of hydrogen-bond donors (Lipinski definition) is 1. The normalized spacial score (nSPS) is 10.1. The van der Waals surface area contributed by atoms with Crippen molar-refractivity contribution in [2.75, 3.05) is 7.05 Å². The van der Waals surface area contributed by atoms with Crippen molar-refractivity contribution in [3.63, 3.8) is 0 Å². The highest BCUT2D eigenvalue weighted by Crippen LogP contribution is 2.22. The van der Waals surface area contributed by atoms with E-state index >= 15 is 0 Å². The van der Waals surface area contributed by atoms with Crippen molar-refractivity contribution in [3.05, 3.63) is 48.2 Å². The zero-order valence-corrected chi connectivity index (χ0v) is 9.05. The summed E-state index contributed by atoms with van der Waals surface area (Å²) in [4.78, 5) is 0. The summed E-state index contributed by atoms with van der Waals surface area (Å²) >= 11 is 0. The Hall–Kier alpha value is -1.94. The molecule has 2 aromatic rings. The van der Waals surface area contributed by atoms with Gasteiger partial charge in [-0.05, 0) is 19.2 Å². The molecule has 4 nitrogen and oxygen atoms in total. The van der Waals surface area contributed by atoms with Crippen molar-refractivity contribution in [1.29, 1.82) is 0 Å². The summed E-state index contributed by atoms with van der Waals surface area (Å²) in [6.07, 6.45) is 1.62. The molecule has 1 aromatic carbocycles. The van der Waals surface area contributed by atoms with E-state index in [0.717, 1.165) is 17.9 Å². The molecule has 4 heteroatoms. The van der Waals surface area contributed by atoms with Crippen LogP contribution in [0.2, 0.25) is 0 Å². The molecule has 82 valence electrons. The Bertz CT molecular complexity index is 445. The molecule has 0 amide bonds. The van der Waals surface area contributed by atoms with E-state index in [2.05, 4.69) is 15.5 Å². The molecule has 0 unspecified atom stereocenters. The first-order valence-corrected chi connectivity index (χ1v) is 5.08. The van der Waals surface area contributed by atoms with Crippen LogP contribution >= 0.6 is 0 Å². The number of hydrogen-bond acceptors (Lipinski definition) is 4. The van der Waals surface area contributed by atoms with Crippen molar-refractivity contribution >= 4 is 0 Å². The van der Waals surface area contributed by atoms with E-state index in [4.69, 9.17) is 4.74 Å². The predicted molar refractivity (Wildman–Crippen MR) is 61.3 cm³/mol. The molecule has 16 heavy (non-hydrogen) atoms. The van der Waals surface area contributed by atoms with Crippen LogP contribution < -0.4 is 10.1 Å². The van der Waals surface area contributed by atoms with Crippen molar-refractivity contribution in [3.8, 4) is 11.6 Å². The minimum atomic E-state index is 0.506. The van der Waals surface area contributed by atoms with E-state index in [9.17, 15) is 0 Å². The minimum Gasteiger partial charge on any atom is -0.437 e. The summed E-state index contributed by atoms with van der Waals surface area (Å²) in [6, 6.07) is 11.4. The van der Waals surface area contributed by atoms with Gasteiger partial charge >= 0.3 is 0 Å². The lowest BCUT2D eigenvalue weighted by Crippen LogP contribution is -2.06. The molecule has 0 atom stereocenters. The molecule has 0 saturated heterocycles. The third kappa shape index (κ3) is 2.55. The van der Waals surface area contributed by atoms with Crippen LogP contribution in [0.1, 0.15) is 5.56 Å². The number of rotatable bonds is 4. The van der Waals surface area contributed by atoms with Gasteiger partial charge in [-0.3, -0.25) is 0 Å². The van der Waals surface area contributed by atoms with Crippen LogP contribution in [0.15, 0.2) is 42.6 Å². The molecular weight excluding hydrogens is 202 g/mol. The number of para-hydroxylation sites is 1. The molecule has 2 rings (SSSR count). The lowest BCUT2D eigenvalue weighted by atomic mass is 10.2. The third-order valence-electron chi connectivity index (χ3n) is 2.10. The highest BCUT2D eigenvalue weighted by Gasteiger charge is 2.03. The third-order valence-corrected chi connectivity index (χ3v) is 2.10. The first-order valence-electron chi connectivity index (χ1n) is 5.08. The standard InChI is InChI=1S/C12H13N3O/c1-13-9-10-5-2-3-6-11(10)16-12-7-4-8-14-15-12/h2-8,13H,9H2,1H3. The quantitative estimate of drug-likeness (QED) is 0.847. The fourth-order valence-corrected chi connectivity index (χ4v) is 1.39. The molecule has 0 aliphatic rings. The summed E-state index contributed by atoms with van der Waals surface area (Å²) in [5.41, 5.74) is 1.09. The molecule has 0 spiro atoms. The fourth-order valence-electron chi connectivity index (χ4n) is 1.39. The average molecular weight is 215 g/mol. The fraction of sp³-hybridized carbons (Fsp3) is 0.167. The van der Waals surface area contributed by atoms with E-state index in [0.29, 0.717) is 5.88 Å². The highest BCUT2D eigenvalue weighted by molar-refractivity contribution is 5.35. The first kappa shape index (κ1) is 10.6. The van der Waals surface area contributed by atoms with E-state index in [1.54, 1.807) is 18.3 Å². The predicted octanol–water partition coefficient (Wildman–Crippen LogP) is 1.99. The Balaban J connectivity index is 2.21. The number of benzene rings is 1. The van der Waals surface area contributed by atoms with Gasteiger partial charge in [0, 0.05) is 24.4 Å². The van der Waals surface area contributed by atoms with Gasteiger partial charge in [-0.2, -0.15) is 5.10 Å². The molecule has 1 N–H and O–H groups in total. The van der Waals surface area contributed by atoms with Gasteiger partial charge in [0.05, 0.1) is 0 Å². The summed E-state index contributed by atoms with van der Waals surface area (Å²) in [5, 5.41) is 10.7. The lowest BCUT2D eigenvalue weighted by Gasteiger charge is -2.09. The number of nitrogens with zero attached hydrogens (tertiary/aromatic N) is 2. The van der Waals surface area contributed by atoms with E-state index in [1.165, 1.54) is 0 Å². The molecular formula is C12H13N3O. The zero-order valence-electron chi connectivity index (χ0n) is 9.05. The van der Waals surface area contributed by atoms with Crippen LogP contribution in [0.5, 0.6) is 11.6 Å². The van der Waals surface area contributed by atoms with E-state index < -0.39 is 0 Å². The molecule has 0 radical (unpaired) electrons. The molecule has 1 heterocycles. The Morgan fingerprint density at radius 2 is 2.06 bits per heavy atom. The van der Waals surface area contributed by atoms with E-state index in [1.807, 2.05) is 31.3 Å². The summed E-state index contributed by atoms with van der Waals surface area (Å²) in [7, 11) is 1.90. The van der Waals surface area contributed by atoms with Crippen LogP contribution in [0.25, 0.3) is 0 Å². The maximum atomic E-state index is 5.65. The smallest absolute Gasteiger partial charge is 0.238 e. The largest absolute Gasteiger partial charge is 0.437 e. The Morgan fingerprint density at radius 1 is 1.19 bits per heavy atom. The van der Waals surface area contributed by atoms with Crippen molar-refractivity contribution in [2.24, 2.45) is 0 Å². The molecule has 0 aliphatic heterocycles. The topological polar surface area (TPSA) is 47.0 Å². The summed E-state index contributed by atoms with van der Waals surface area (Å²) in [6.45, 7) is 0.760. The van der Waals surface area contributed by atoms with Crippen molar-refractivity contribution < 1.29 is 4.74 Å². The molecule has 0 fully saturated rings. The lowest BCUT2D eigenvalue weighted by molar-refractivity contribution is 0.448. The maximum Gasteiger partial charge on any atom is 0.238 e. The van der Waals surface area contributed by atoms with Gasteiger partial charge in [0.25, 0.3) is 0 Å². The minimum absolute atomic E-state index is 0.506. The maximum absolute atomic E-state index is 5.65. The van der Waals surface area contributed by atoms with Gasteiger partial charge < -0.3 is 10.1 Å². The van der Waals surface area contributed by atoms with Gasteiger partial charge in [0.1, 0.15) is 5.75 Å². The molecule has 1 aromatic heterocycles. The van der Waals surface area contributed by atoms with Crippen molar-refractivity contribution in [2.45, 2.75) is 6.54 Å². The average Bonchev–Trinajstić information content (AvgIpc) is 2.33. The number of ether oxygens (including phenoxy) is 1. The van der Waals surface area contributed by atoms with Crippen LogP contribution in [0.3, 0.4) is 0 Å². The Kier molecular flexibility index (Phi) is 3.46. The molecule has 0 bridgehead atoms. The number of aromatic nitrogens is 2. The highest BCUT2D eigenvalue weighted by atomic mass is 16.5. The Morgan fingerprint density at radius 3 is 2.81 bits per heavy atom. The monoisotopic (exact) mass is 215 g/mol.